The van der Waals surface area contributed by atoms with Crippen molar-refractivity contribution in [1.82, 2.24) is 14.8 Å². The van der Waals surface area contributed by atoms with Crippen LogP contribution in [0.25, 0.3) is 0 Å². The van der Waals surface area contributed by atoms with E-state index in [-0.39, 0.29) is 10.6 Å². The first-order chi connectivity index (χ1) is 9.15. The zero-order valence-electron chi connectivity index (χ0n) is 9.95. The van der Waals surface area contributed by atoms with Crippen LogP contribution in [0.15, 0.2) is 24.5 Å². The molecular formula is C12H11ClN4O2. The second-order valence-corrected chi connectivity index (χ2v) is 4.74. The van der Waals surface area contributed by atoms with Crippen molar-refractivity contribution in [2.75, 3.05) is 11.4 Å². The summed E-state index contributed by atoms with van der Waals surface area (Å²) >= 11 is 5.98. The molecule has 1 N–H and O–H groups in total. The summed E-state index contributed by atoms with van der Waals surface area (Å²) < 4.78 is 2.00. The number of aromatic carboxylic acids is 1. The van der Waals surface area contributed by atoms with Crippen molar-refractivity contribution in [3.8, 4) is 0 Å². The Kier molecular flexibility index (Phi) is 2.87. The van der Waals surface area contributed by atoms with Gasteiger partial charge in [-0.05, 0) is 18.2 Å². The molecule has 1 aromatic heterocycles. The molecule has 1 aliphatic heterocycles. The summed E-state index contributed by atoms with van der Waals surface area (Å²) in [6.07, 6.45) is 1.72. The minimum atomic E-state index is -1.02. The van der Waals surface area contributed by atoms with Gasteiger partial charge in [-0.15, -0.1) is 10.2 Å². The number of hydrogen-bond acceptors (Lipinski definition) is 4. The summed E-state index contributed by atoms with van der Waals surface area (Å²) in [6.45, 7) is 2.26. The van der Waals surface area contributed by atoms with Gasteiger partial charge in [0.2, 0.25) is 0 Å². The molecule has 0 fully saturated rings. The number of aromatic nitrogens is 3. The van der Waals surface area contributed by atoms with Gasteiger partial charge in [-0.1, -0.05) is 11.6 Å². The fourth-order valence-corrected chi connectivity index (χ4v) is 2.42. The average molecular weight is 279 g/mol. The smallest absolute Gasteiger partial charge is 0.337 e. The molecule has 0 aliphatic carbocycles. The molecule has 1 aromatic carbocycles. The summed E-state index contributed by atoms with van der Waals surface area (Å²) in [5.74, 6) is -0.125. The van der Waals surface area contributed by atoms with E-state index in [0.29, 0.717) is 6.54 Å². The lowest BCUT2D eigenvalue weighted by molar-refractivity contribution is 0.0697. The van der Waals surface area contributed by atoms with Crippen molar-refractivity contribution < 1.29 is 9.90 Å². The molecular weight excluding hydrogens is 268 g/mol. The van der Waals surface area contributed by atoms with Crippen molar-refractivity contribution in [2.45, 2.75) is 13.1 Å². The van der Waals surface area contributed by atoms with E-state index in [0.717, 1.165) is 24.6 Å². The number of carboxylic acids is 1. The van der Waals surface area contributed by atoms with Crippen LogP contribution in [0.5, 0.6) is 0 Å². The number of halogens is 1. The van der Waals surface area contributed by atoms with Crippen molar-refractivity contribution in [3.63, 3.8) is 0 Å². The summed E-state index contributed by atoms with van der Waals surface area (Å²) in [7, 11) is 0. The van der Waals surface area contributed by atoms with Crippen molar-refractivity contribution >= 4 is 23.3 Å². The predicted octanol–water partition coefficient (Wildman–Crippen LogP) is 1.65. The lowest BCUT2D eigenvalue weighted by Gasteiger charge is -2.29. The van der Waals surface area contributed by atoms with Gasteiger partial charge in [0.15, 0.2) is 5.82 Å². The fraction of sp³-hybridized carbons (Fsp3) is 0.250. The Labute approximate surface area is 114 Å². The van der Waals surface area contributed by atoms with E-state index >= 15 is 0 Å². The molecule has 0 radical (unpaired) electrons. The second kappa shape index (κ2) is 4.55. The summed E-state index contributed by atoms with van der Waals surface area (Å²) in [5.41, 5.74) is 1.01. The number of fused-ring (bicyclic) bond motifs is 1. The molecule has 2 aromatic rings. The molecule has 0 atom stereocenters. The largest absolute Gasteiger partial charge is 0.478 e. The Hall–Kier alpha value is -2.08. The lowest BCUT2D eigenvalue weighted by atomic mass is 10.2. The summed E-state index contributed by atoms with van der Waals surface area (Å²) in [4.78, 5) is 13.0. The molecule has 0 unspecified atom stereocenters. The van der Waals surface area contributed by atoms with Gasteiger partial charge in [-0.25, -0.2) is 4.79 Å². The summed E-state index contributed by atoms with van der Waals surface area (Å²) in [6, 6.07) is 4.97. The standard InChI is InChI=1S/C12H11ClN4O2/c13-10-5-8(1-2-9(10)12(18)19)16-3-4-17-7-14-15-11(17)6-16/h1-2,5,7H,3-4,6H2,(H,18,19). The van der Waals surface area contributed by atoms with Gasteiger partial charge in [0.05, 0.1) is 17.1 Å². The van der Waals surface area contributed by atoms with Crippen LogP contribution in [0.2, 0.25) is 5.02 Å². The molecule has 0 saturated heterocycles. The molecule has 0 amide bonds. The minimum Gasteiger partial charge on any atom is -0.478 e. The first kappa shape index (κ1) is 12.0. The van der Waals surface area contributed by atoms with E-state index < -0.39 is 5.97 Å². The first-order valence-electron chi connectivity index (χ1n) is 5.79. The Balaban J connectivity index is 1.88. The second-order valence-electron chi connectivity index (χ2n) is 4.33. The Morgan fingerprint density at radius 1 is 1.37 bits per heavy atom. The van der Waals surface area contributed by atoms with Gasteiger partial charge in [0.1, 0.15) is 6.33 Å². The zero-order chi connectivity index (χ0) is 13.4. The molecule has 0 bridgehead atoms. The Bertz CT molecular complexity index is 640. The van der Waals surface area contributed by atoms with Gasteiger partial charge in [-0.3, -0.25) is 0 Å². The van der Waals surface area contributed by atoms with Crippen molar-refractivity contribution in [2.24, 2.45) is 0 Å². The van der Waals surface area contributed by atoms with Crippen LogP contribution in [0.4, 0.5) is 5.69 Å². The zero-order valence-corrected chi connectivity index (χ0v) is 10.7. The third kappa shape index (κ3) is 2.15. The molecule has 98 valence electrons. The number of anilines is 1. The topological polar surface area (TPSA) is 71.2 Å². The van der Waals surface area contributed by atoms with Crippen LogP contribution in [-0.4, -0.2) is 32.4 Å². The van der Waals surface area contributed by atoms with Gasteiger partial charge in [-0.2, -0.15) is 0 Å². The van der Waals surface area contributed by atoms with Gasteiger partial charge < -0.3 is 14.6 Å². The molecule has 0 spiro atoms. The molecule has 1 aliphatic rings. The SMILES string of the molecule is O=C(O)c1ccc(N2CCn3cnnc3C2)cc1Cl. The van der Waals surface area contributed by atoms with E-state index in [4.69, 9.17) is 16.7 Å². The molecule has 6 nitrogen and oxygen atoms in total. The van der Waals surface area contributed by atoms with Crippen LogP contribution in [0.3, 0.4) is 0 Å². The number of carboxylic acid groups (broad SMARTS) is 1. The number of carbonyl (C=O) groups is 1. The number of nitrogens with zero attached hydrogens (tertiary/aromatic N) is 4. The van der Waals surface area contributed by atoms with Gasteiger partial charge >= 0.3 is 5.97 Å². The molecule has 19 heavy (non-hydrogen) atoms. The van der Waals surface area contributed by atoms with Crippen LogP contribution < -0.4 is 4.90 Å². The molecule has 2 heterocycles. The van der Waals surface area contributed by atoms with Crippen LogP contribution in [0, 0.1) is 0 Å². The number of rotatable bonds is 2. The van der Waals surface area contributed by atoms with Gasteiger partial charge in [0.25, 0.3) is 0 Å². The maximum absolute atomic E-state index is 10.9. The number of benzene rings is 1. The van der Waals surface area contributed by atoms with Crippen LogP contribution >= 0.6 is 11.6 Å². The van der Waals surface area contributed by atoms with Crippen molar-refractivity contribution in [1.29, 1.82) is 0 Å². The molecule has 7 heteroatoms. The van der Waals surface area contributed by atoms with Crippen LogP contribution in [0.1, 0.15) is 16.2 Å². The maximum Gasteiger partial charge on any atom is 0.337 e. The minimum absolute atomic E-state index is 0.116. The quantitative estimate of drug-likeness (QED) is 0.904. The Morgan fingerprint density at radius 2 is 2.21 bits per heavy atom. The van der Waals surface area contributed by atoms with E-state index in [9.17, 15) is 4.79 Å². The first-order valence-corrected chi connectivity index (χ1v) is 6.17. The Morgan fingerprint density at radius 3 is 2.95 bits per heavy atom. The highest BCUT2D eigenvalue weighted by atomic mass is 35.5. The average Bonchev–Trinajstić information content (AvgIpc) is 2.85. The number of hydrogen-bond donors (Lipinski definition) is 1. The third-order valence-corrected chi connectivity index (χ3v) is 3.50. The predicted molar refractivity (Wildman–Crippen MR) is 69.5 cm³/mol. The highest BCUT2D eigenvalue weighted by molar-refractivity contribution is 6.33. The van der Waals surface area contributed by atoms with E-state index in [2.05, 4.69) is 15.1 Å². The van der Waals surface area contributed by atoms with E-state index in [1.807, 2.05) is 4.57 Å². The highest BCUT2D eigenvalue weighted by Gasteiger charge is 2.19. The third-order valence-electron chi connectivity index (χ3n) is 3.19. The van der Waals surface area contributed by atoms with Crippen molar-refractivity contribution in [3.05, 3.63) is 40.9 Å². The van der Waals surface area contributed by atoms with E-state index in [1.165, 1.54) is 6.07 Å². The monoisotopic (exact) mass is 278 g/mol. The van der Waals surface area contributed by atoms with Crippen LogP contribution in [-0.2, 0) is 13.1 Å². The fourth-order valence-electron chi connectivity index (χ4n) is 2.16. The summed E-state index contributed by atoms with van der Waals surface area (Å²) in [5, 5.41) is 17.1. The van der Waals surface area contributed by atoms with E-state index in [1.54, 1.807) is 18.5 Å². The normalized spacial score (nSPS) is 14.3. The van der Waals surface area contributed by atoms with Gasteiger partial charge in [0, 0.05) is 18.8 Å². The lowest BCUT2D eigenvalue weighted by Crippen LogP contribution is -2.33. The maximum atomic E-state index is 10.9. The molecule has 3 rings (SSSR count). The highest BCUT2D eigenvalue weighted by Crippen LogP contribution is 2.26. The molecule has 0 saturated carbocycles.